The molecule has 0 unspecified atom stereocenters. The van der Waals surface area contributed by atoms with E-state index >= 15 is 0 Å². The lowest BCUT2D eigenvalue weighted by molar-refractivity contribution is 0.882. The zero-order valence-electron chi connectivity index (χ0n) is 4.89. The molecule has 0 saturated carbocycles. The zero-order valence-corrected chi connectivity index (χ0v) is 4.89. The summed E-state index contributed by atoms with van der Waals surface area (Å²) >= 11 is 0. The third kappa shape index (κ3) is 0.680. The number of rotatable bonds is 0. The summed E-state index contributed by atoms with van der Waals surface area (Å²) in [5.74, 6) is 0. The summed E-state index contributed by atoms with van der Waals surface area (Å²) in [6.45, 7) is 0. The van der Waals surface area contributed by atoms with Crippen molar-refractivity contribution in [2.24, 2.45) is 0 Å². The van der Waals surface area contributed by atoms with E-state index in [1.165, 1.54) is 12.4 Å². The lowest BCUT2D eigenvalue weighted by atomic mass is 10.4. The van der Waals surface area contributed by atoms with Gasteiger partial charge < -0.3 is 0 Å². The van der Waals surface area contributed by atoms with Gasteiger partial charge in [0.2, 0.25) is 0 Å². The third-order valence-corrected chi connectivity index (χ3v) is 1.08. The van der Waals surface area contributed by atoms with E-state index < -0.39 is 0 Å². The van der Waals surface area contributed by atoms with Crippen molar-refractivity contribution in [3.05, 3.63) is 18.6 Å². The molecule has 10 heavy (non-hydrogen) atoms. The predicted molar refractivity (Wildman–Crippen MR) is 31.8 cm³/mol. The first-order chi connectivity index (χ1) is 4.97. The Morgan fingerprint density at radius 2 is 2.10 bits per heavy atom. The van der Waals surface area contributed by atoms with E-state index in [-0.39, 0.29) is 0 Å². The average Bonchev–Trinajstić information content (AvgIpc) is 2.05. The number of nitrogens with zero attached hydrogens (tertiary/aromatic N) is 5. The summed E-state index contributed by atoms with van der Waals surface area (Å²) in [4.78, 5) is 0. The van der Waals surface area contributed by atoms with Crippen LogP contribution in [0, 0.1) is 6.20 Å². The molecule has 1 radical (unpaired) electrons. The highest BCUT2D eigenvalue weighted by molar-refractivity contribution is 5.73. The molecular weight excluding hydrogens is 130 g/mol. The summed E-state index contributed by atoms with van der Waals surface area (Å²) in [6.07, 6.45) is 5.68. The smallest absolute Gasteiger partial charge is 0.127 e. The van der Waals surface area contributed by atoms with E-state index in [2.05, 4.69) is 31.8 Å². The molecule has 0 atom stereocenters. The van der Waals surface area contributed by atoms with Gasteiger partial charge in [-0.25, -0.2) is 0 Å². The maximum atomic E-state index is 3.69. The van der Waals surface area contributed by atoms with Crippen LogP contribution in [-0.2, 0) is 0 Å². The number of fused-ring (bicyclic) bond motifs is 1. The van der Waals surface area contributed by atoms with Crippen LogP contribution in [0.5, 0.6) is 0 Å². The van der Waals surface area contributed by atoms with E-state index in [0.717, 1.165) is 5.39 Å². The highest BCUT2D eigenvalue weighted by Crippen LogP contribution is 2.00. The van der Waals surface area contributed by atoms with Crippen molar-refractivity contribution in [2.75, 3.05) is 0 Å². The largest absolute Gasteiger partial charge is 0.158 e. The Hall–Kier alpha value is -1.65. The highest BCUT2D eigenvalue weighted by Gasteiger charge is 1.92. The number of hydrogen-bond donors (Lipinski definition) is 0. The second kappa shape index (κ2) is 1.94. The van der Waals surface area contributed by atoms with Crippen molar-refractivity contribution >= 4 is 10.9 Å². The van der Waals surface area contributed by atoms with Gasteiger partial charge in [0.25, 0.3) is 0 Å². The molecule has 0 N–H and O–H groups in total. The summed E-state index contributed by atoms with van der Waals surface area (Å²) < 4.78 is 0. The second-order valence-electron chi connectivity index (χ2n) is 1.69. The summed E-state index contributed by atoms with van der Waals surface area (Å²) in [6, 6.07) is 0. The SMILES string of the molecule is [c]1nnnc2cnncc12. The number of hydrogen-bond acceptors (Lipinski definition) is 5. The minimum atomic E-state index is 0.657. The predicted octanol–water partition coefficient (Wildman–Crippen LogP) is -0.385. The first-order valence-corrected chi connectivity index (χ1v) is 2.64. The molecule has 0 fully saturated rings. The van der Waals surface area contributed by atoms with Gasteiger partial charge in [0, 0.05) is 0 Å². The van der Waals surface area contributed by atoms with Gasteiger partial charge in [0.1, 0.15) is 11.7 Å². The van der Waals surface area contributed by atoms with Gasteiger partial charge in [-0.2, -0.15) is 10.2 Å². The summed E-state index contributed by atoms with van der Waals surface area (Å²) in [7, 11) is 0. The Kier molecular flexibility index (Phi) is 1.00. The van der Waals surface area contributed by atoms with Gasteiger partial charge >= 0.3 is 0 Å². The summed E-state index contributed by atoms with van der Waals surface area (Å²) in [5, 5.41) is 18.5. The van der Waals surface area contributed by atoms with Crippen molar-refractivity contribution in [2.45, 2.75) is 0 Å². The van der Waals surface area contributed by atoms with Crippen molar-refractivity contribution < 1.29 is 0 Å². The molecule has 0 aliphatic carbocycles. The quantitative estimate of drug-likeness (QED) is 0.488. The Balaban J connectivity index is 2.89. The molecule has 2 rings (SSSR count). The van der Waals surface area contributed by atoms with Crippen molar-refractivity contribution in [1.29, 1.82) is 0 Å². The van der Waals surface area contributed by atoms with Crippen LogP contribution in [0.4, 0.5) is 0 Å². The second-order valence-corrected chi connectivity index (χ2v) is 1.69. The van der Waals surface area contributed by atoms with E-state index in [0.29, 0.717) is 5.52 Å². The van der Waals surface area contributed by atoms with Crippen LogP contribution in [0.3, 0.4) is 0 Å². The molecule has 0 bridgehead atoms. The first kappa shape index (κ1) is 5.16. The monoisotopic (exact) mass is 132 g/mol. The van der Waals surface area contributed by atoms with Gasteiger partial charge in [-0.05, 0) is 5.21 Å². The lowest BCUT2D eigenvalue weighted by Gasteiger charge is -1.86. The highest BCUT2D eigenvalue weighted by atomic mass is 15.3. The van der Waals surface area contributed by atoms with E-state index in [1.807, 2.05) is 0 Å². The van der Waals surface area contributed by atoms with Crippen molar-refractivity contribution in [3.8, 4) is 0 Å². The Bertz CT molecular complexity index is 281. The standard InChI is InChI=1S/C5H2N5/c1-4-2-8-10-9-5(4)3-7-6-1/h1,3H. The molecule has 2 heterocycles. The molecule has 0 aliphatic rings. The van der Waals surface area contributed by atoms with E-state index in [4.69, 9.17) is 0 Å². The fourth-order valence-electron chi connectivity index (χ4n) is 0.627. The van der Waals surface area contributed by atoms with Crippen LogP contribution < -0.4 is 0 Å². The van der Waals surface area contributed by atoms with Gasteiger partial charge in [-0.1, -0.05) is 0 Å². The molecule has 0 spiro atoms. The fraction of sp³-hybridized carbons (Fsp3) is 0. The Morgan fingerprint density at radius 3 is 3.00 bits per heavy atom. The maximum Gasteiger partial charge on any atom is 0.127 e. The van der Waals surface area contributed by atoms with Crippen LogP contribution in [-0.4, -0.2) is 25.6 Å². The van der Waals surface area contributed by atoms with Crippen LogP contribution in [0.15, 0.2) is 12.4 Å². The normalized spacial score (nSPS) is 10.0. The van der Waals surface area contributed by atoms with E-state index in [1.54, 1.807) is 0 Å². The first-order valence-electron chi connectivity index (χ1n) is 2.64. The van der Waals surface area contributed by atoms with Crippen molar-refractivity contribution in [3.63, 3.8) is 0 Å². The van der Waals surface area contributed by atoms with Crippen LogP contribution in [0.25, 0.3) is 10.9 Å². The van der Waals surface area contributed by atoms with Crippen molar-refractivity contribution in [1.82, 2.24) is 25.6 Å². The third-order valence-electron chi connectivity index (χ3n) is 1.08. The van der Waals surface area contributed by atoms with Crippen LogP contribution >= 0.6 is 0 Å². The van der Waals surface area contributed by atoms with Crippen LogP contribution in [0.1, 0.15) is 0 Å². The minimum Gasteiger partial charge on any atom is -0.158 e. The average molecular weight is 132 g/mol. The molecule has 2 aromatic rings. The molecule has 0 aliphatic heterocycles. The number of aromatic nitrogens is 5. The molecule has 0 saturated heterocycles. The molecule has 5 heteroatoms. The Morgan fingerprint density at radius 1 is 1.20 bits per heavy atom. The summed E-state index contributed by atoms with van der Waals surface area (Å²) in [5.41, 5.74) is 0.657. The van der Waals surface area contributed by atoms with Gasteiger partial charge in [0.15, 0.2) is 0 Å². The Labute approximate surface area is 56.1 Å². The fourth-order valence-corrected chi connectivity index (χ4v) is 0.627. The molecule has 2 aromatic heterocycles. The molecule has 5 nitrogen and oxygen atoms in total. The van der Waals surface area contributed by atoms with Gasteiger partial charge in [-0.3, -0.25) is 0 Å². The zero-order chi connectivity index (χ0) is 6.81. The molecular formula is C5H2N5. The van der Waals surface area contributed by atoms with Gasteiger partial charge in [0.05, 0.1) is 17.8 Å². The molecule has 0 aromatic carbocycles. The topological polar surface area (TPSA) is 64.5 Å². The maximum absolute atomic E-state index is 3.69. The van der Waals surface area contributed by atoms with Gasteiger partial charge in [-0.15, -0.1) is 10.2 Å². The molecule has 0 amide bonds. The lowest BCUT2D eigenvalue weighted by Crippen LogP contribution is -1.89. The molecule has 47 valence electrons. The van der Waals surface area contributed by atoms with Crippen LogP contribution in [0.2, 0.25) is 0 Å². The minimum absolute atomic E-state index is 0.657. The van der Waals surface area contributed by atoms with E-state index in [9.17, 15) is 0 Å².